The molecule has 0 aliphatic carbocycles. The van der Waals surface area contributed by atoms with Crippen LogP contribution in [0.15, 0.2) is 316 Å². The molecule has 0 N–H and O–H groups in total. The molecule has 0 unspecified atom stereocenters. The molecule has 94 heavy (non-hydrogen) atoms. The molecule has 0 fully saturated rings. The third-order valence-corrected chi connectivity index (χ3v) is 17.0. The molecule has 440 valence electrons. The molecule has 0 aliphatic heterocycles. The van der Waals surface area contributed by atoms with Crippen molar-refractivity contribution in [2.75, 3.05) is 0 Å². The summed E-state index contributed by atoms with van der Waals surface area (Å²) in [6.45, 7) is 0. The van der Waals surface area contributed by atoms with E-state index in [2.05, 4.69) is 166 Å². The highest BCUT2D eigenvalue weighted by Gasteiger charge is 2.24. The van der Waals surface area contributed by atoms with Gasteiger partial charge in [0.05, 0.1) is 22.1 Å². The Hall–Kier alpha value is -13.1. The number of nitrogens with zero attached hydrogens (tertiary/aromatic N) is 12. The molecular weight excluding hydrogens is 1150 g/mol. The van der Waals surface area contributed by atoms with Crippen molar-refractivity contribution in [2.24, 2.45) is 0 Å². The van der Waals surface area contributed by atoms with Gasteiger partial charge in [-0.1, -0.05) is 249 Å². The van der Waals surface area contributed by atoms with Crippen LogP contribution in [-0.2, 0) is 0 Å². The Morgan fingerprint density at radius 1 is 0.223 bits per heavy atom. The first-order valence-corrected chi connectivity index (χ1v) is 31.0. The molecule has 0 spiro atoms. The number of hydrogen-bond donors (Lipinski definition) is 0. The number of benzene rings is 12. The van der Waals surface area contributed by atoms with Crippen LogP contribution in [-0.4, -0.2) is 59.0 Å². The van der Waals surface area contributed by atoms with E-state index in [0.717, 1.165) is 111 Å². The van der Waals surface area contributed by atoms with E-state index in [0.29, 0.717) is 34.9 Å². The Balaban J connectivity index is 0.000000143. The molecule has 12 heteroatoms. The molecular formula is C82H52N12. The van der Waals surface area contributed by atoms with E-state index >= 15 is 0 Å². The topological polar surface area (TPSA) is 139 Å². The molecule has 0 saturated heterocycles. The van der Waals surface area contributed by atoms with Crippen molar-refractivity contribution in [3.8, 4) is 103 Å². The summed E-state index contributed by atoms with van der Waals surface area (Å²) >= 11 is 0. The minimum atomic E-state index is 0.596. The maximum atomic E-state index is 5.33. The van der Waals surface area contributed by atoms with Gasteiger partial charge in [-0.3, -0.25) is 19.1 Å². The number of rotatable bonds is 10. The van der Waals surface area contributed by atoms with Crippen molar-refractivity contribution in [3.63, 3.8) is 0 Å². The highest BCUT2D eigenvalue weighted by Crippen LogP contribution is 2.42. The van der Waals surface area contributed by atoms with E-state index < -0.39 is 0 Å². The highest BCUT2D eigenvalue weighted by molar-refractivity contribution is 6.25. The fraction of sp³-hybridized carbons (Fsp3) is 0. The summed E-state index contributed by atoms with van der Waals surface area (Å²) in [5, 5.41) is 9.18. The summed E-state index contributed by atoms with van der Waals surface area (Å²) in [5.41, 5.74) is 13.0. The Kier molecular flexibility index (Phi) is 13.9. The number of pyridine rings is 2. The van der Waals surface area contributed by atoms with Gasteiger partial charge in [0, 0.05) is 90.5 Å². The molecule has 0 bridgehead atoms. The Morgan fingerprint density at radius 3 is 0.947 bits per heavy atom. The highest BCUT2D eigenvalue weighted by atomic mass is 15.1. The zero-order valence-corrected chi connectivity index (χ0v) is 50.4. The minimum absolute atomic E-state index is 0.596. The Bertz CT molecular complexity index is 5370. The average Bonchev–Trinajstić information content (AvgIpc) is 1.53. The number of fused-ring (bicyclic) bond motifs is 12. The predicted molar refractivity (Wildman–Crippen MR) is 378 cm³/mol. The summed E-state index contributed by atoms with van der Waals surface area (Å²) in [6, 6.07) is 101. The normalized spacial score (nSPS) is 11.4. The quantitative estimate of drug-likeness (QED) is 0.122. The van der Waals surface area contributed by atoms with E-state index in [4.69, 9.17) is 44.9 Å². The van der Waals surface area contributed by atoms with Gasteiger partial charge < -0.3 is 0 Å². The second kappa shape index (κ2) is 23.7. The van der Waals surface area contributed by atoms with Crippen LogP contribution in [0.2, 0.25) is 0 Å². The van der Waals surface area contributed by atoms with Crippen molar-refractivity contribution in [1.29, 1.82) is 0 Å². The second-order valence-corrected chi connectivity index (χ2v) is 22.8. The zero-order chi connectivity index (χ0) is 62.3. The van der Waals surface area contributed by atoms with E-state index in [1.807, 2.05) is 158 Å². The maximum absolute atomic E-state index is 5.33. The lowest BCUT2D eigenvalue weighted by Gasteiger charge is -2.14. The lowest BCUT2D eigenvalue weighted by atomic mass is 10.00. The van der Waals surface area contributed by atoms with Gasteiger partial charge in [0.15, 0.2) is 40.8 Å². The standard InChI is InChI=1S/2C41H26N6/c1-3-13-27(14-4-1)38-44-39(28-15-5-2-6-16-28)46-40(45-38)29-17-11-19-31(25-29)47-37-35-23-10-8-21-33(35)32-20-7-9-22-34(32)36(37)43-41(47)30-18-12-24-42-26-30;1-3-14-27(15-4-1)38-44-39(28-16-5-2-6-17-28)46-40(45-38)29-18-13-19-30(26-29)47-37-34-23-10-8-21-32(34)31-20-7-9-22-33(31)36(37)43-41(47)35-24-11-12-25-42-35/h2*1-26H. The van der Waals surface area contributed by atoms with Crippen molar-refractivity contribution in [2.45, 2.75) is 0 Å². The SMILES string of the molecule is c1ccc(-c2nc(-c3ccccc3)nc(-c3cccc(-n4c(-c5ccccn5)nc5c6ccccc6c6ccccc6c54)c3)n2)cc1.c1ccc(-c2nc(-c3ccccc3)nc(-c3cccc(-n4c(-c5cccnc5)nc5c6ccccc6c6ccccc6c54)c3)n2)cc1. The van der Waals surface area contributed by atoms with Crippen LogP contribution in [0.25, 0.3) is 168 Å². The fourth-order valence-corrected chi connectivity index (χ4v) is 12.7. The molecule has 6 heterocycles. The molecule has 12 nitrogen and oxygen atoms in total. The largest absolute Gasteiger partial charge is 0.292 e. The first-order valence-electron chi connectivity index (χ1n) is 31.0. The molecule has 0 amide bonds. The van der Waals surface area contributed by atoms with Gasteiger partial charge in [0.1, 0.15) is 11.5 Å². The molecule has 0 radical (unpaired) electrons. The Labute approximate surface area is 539 Å². The third-order valence-electron chi connectivity index (χ3n) is 17.0. The monoisotopic (exact) mass is 1200 g/mol. The first kappa shape index (κ1) is 55.0. The smallest absolute Gasteiger partial charge is 0.164 e. The number of aromatic nitrogens is 12. The van der Waals surface area contributed by atoms with Gasteiger partial charge in [-0.2, -0.15) is 0 Å². The van der Waals surface area contributed by atoms with Gasteiger partial charge in [-0.15, -0.1) is 0 Å². The van der Waals surface area contributed by atoms with Gasteiger partial charge in [-0.05, 0) is 70.1 Å². The zero-order valence-electron chi connectivity index (χ0n) is 50.4. The van der Waals surface area contributed by atoms with E-state index in [-0.39, 0.29) is 0 Å². The van der Waals surface area contributed by atoms with Crippen LogP contribution in [0, 0.1) is 0 Å². The predicted octanol–water partition coefficient (Wildman–Crippen LogP) is 19.2. The summed E-state index contributed by atoms with van der Waals surface area (Å²) in [4.78, 5) is 49.6. The van der Waals surface area contributed by atoms with Crippen LogP contribution < -0.4 is 0 Å². The lowest BCUT2D eigenvalue weighted by molar-refractivity contribution is 1.06. The van der Waals surface area contributed by atoms with Crippen LogP contribution in [0.1, 0.15) is 0 Å². The van der Waals surface area contributed by atoms with Crippen molar-refractivity contribution < 1.29 is 0 Å². The third kappa shape index (κ3) is 10.0. The Morgan fingerprint density at radius 2 is 0.553 bits per heavy atom. The van der Waals surface area contributed by atoms with E-state index in [1.54, 1.807) is 6.20 Å². The summed E-state index contributed by atoms with van der Waals surface area (Å²) in [7, 11) is 0. The first-order chi connectivity index (χ1) is 46.6. The van der Waals surface area contributed by atoms with Crippen LogP contribution in [0.4, 0.5) is 0 Å². The van der Waals surface area contributed by atoms with Gasteiger partial charge in [0.25, 0.3) is 0 Å². The maximum Gasteiger partial charge on any atom is 0.164 e. The molecule has 6 aromatic heterocycles. The second-order valence-electron chi connectivity index (χ2n) is 22.8. The summed E-state index contributed by atoms with van der Waals surface area (Å²) in [6.07, 6.45) is 5.47. The molecule has 0 saturated carbocycles. The van der Waals surface area contributed by atoms with E-state index in [1.165, 1.54) is 21.5 Å². The average molecular weight is 1210 g/mol. The number of hydrogen-bond acceptors (Lipinski definition) is 10. The summed E-state index contributed by atoms with van der Waals surface area (Å²) in [5.74, 6) is 5.28. The van der Waals surface area contributed by atoms with Gasteiger partial charge in [-0.25, -0.2) is 39.9 Å². The van der Waals surface area contributed by atoms with Gasteiger partial charge in [0.2, 0.25) is 0 Å². The molecule has 12 aromatic carbocycles. The van der Waals surface area contributed by atoms with Crippen LogP contribution >= 0.6 is 0 Å². The van der Waals surface area contributed by atoms with Crippen molar-refractivity contribution in [3.05, 3.63) is 316 Å². The molecule has 0 atom stereocenters. The van der Waals surface area contributed by atoms with Gasteiger partial charge >= 0.3 is 0 Å². The molecule has 0 aliphatic rings. The summed E-state index contributed by atoms with van der Waals surface area (Å²) < 4.78 is 4.48. The lowest BCUT2D eigenvalue weighted by Crippen LogP contribution is -2.02. The molecule has 18 aromatic rings. The van der Waals surface area contributed by atoms with Crippen LogP contribution in [0.5, 0.6) is 0 Å². The van der Waals surface area contributed by atoms with E-state index in [9.17, 15) is 0 Å². The van der Waals surface area contributed by atoms with Crippen molar-refractivity contribution >= 4 is 65.2 Å². The fourth-order valence-electron chi connectivity index (χ4n) is 12.7. The minimum Gasteiger partial charge on any atom is -0.292 e. The van der Waals surface area contributed by atoms with Crippen molar-refractivity contribution in [1.82, 2.24) is 59.0 Å². The number of imidazole rings is 2. The van der Waals surface area contributed by atoms with Crippen LogP contribution in [0.3, 0.4) is 0 Å². The molecule has 18 rings (SSSR count).